The van der Waals surface area contributed by atoms with Crippen LogP contribution in [0.15, 0.2) is 0 Å². The highest BCUT2D eigenvalue weighted by molar-refractivity contribution is 6.74. The Morgan fingerprint density at radius 2 is 1.59 bits per heavy atom. The molecule has 198 valence electrons. The Morgan fingerprint density at radius 1 is 0.912 bits per heavy atom. The molecule has 2 heteroatoms. The predicted molar refractivity (Wildman–Crippen MR) is 151 cm³/mol. The van der Waals surface area contributed by atoms with Crippen molar-refractivity contribution in [1.29, 1.82) is 0 Å². The Hall–Kier alpha value is 0.177. The molecule has 0 bridgehead atoms. The zero-order chi connectivity index (χ0) is 24.9. The number of hydrogen-bond acceptors (Lipinski definition) is 1. The molecule has 0 radical (unpaired) electrons. The Morgan fingerprint density at radius 3 is 2.26 bits per heavy atom. The molecule has 4 saturated carbocycles. The molecule has 9 atom stereocenters. The van der Waals surface area contributed by atoms with Crippen LogP contribution in [-0.4, -0.2) is 14.9 Å². The molecule has 0 aliphatic heterocycles. The van der Waals surface area contributed by atoms with Crippen LogP contribution in [0.1, 0.15) is 126 Å². The SMILES string of the molecule is CC[C@H](CCCO[Si](C)(C)C(C)(C)C)[C@H]1CCC2C3CC[C@H]4C[C@@H](C)CC[C@]4(C)C3CC[C@@]21C. The van der Waals surface area contributed by atoms with Gasteiger partial charge < -0.3 is 4.43 Å². The van der Waals surface area contributed by atoms with Crippen molar-refractivity contribution in [1.82, 2.24) is 0 Å². The lowest BCUT2D eigenvalue weighted by Crippen LogP contribution is -2.53. The molecule has 0 aromatic heterocycles. The predicted octanol–water partition coefficient (Wildman–Crippen LogP) is 10.1. The smallest absolute Gasteiger partial charge is 0.191 e. The van der Waals surface area contributed by atoms with Gasteiger partial charge in [0.15, 0.2) is 8.32 Å². The van der Waals surface area contributed by atoms with Crippen molar-refractivity contribution >= 4 is 8.32 Å². The van der Waals surface area contributed by atoms with Crippen LogP contribution in [0.2, 0.25) is 18.1 Å². The molecule has 34 heavy (non-hydrogen) atoms. The molecule has 0 amide bonds. The van der Waals surface area contributed by atoms with Gasteiger partial charge in [-0.05, 0) is 135 Å². The molecule has 0 saturated heterocycles. The molecule has 1 nitrogen and oxygen atoms in total. The highest BCUT2D eigenvalue weighted by atomic mass is 28.4. The first-order valence-corrected chi connectivity index (χ1v) is 18.4. The van der Waals surface area contributed by atoms with E-state index in [1.807, 2.05) is 0 Å². The summed E-state index contributed by atoms with van der Waals surface area (Å²) < 4.78 is 6.56. The summed E-state index contributed by atoms with van der Waals surface area (Å²) in [7, 11) is -1.61. The van der Waals surface area contributed by atoms with Gasteiger partial charge in [0.2, 0.25) is 0 Å². The van der Waals surface area contributed by atoms with Crippen LogP contribution in [0.5, 0.6) is 0 Å². The Balaban J connectivity index is 1.39. The second kappa shape index (κ2) is 9.81. The monoisotopic (exact) mass is 488 g/mol. The zero-order valence-corrected chi connectivity index (χ0v) is 25.6. The number of hydrogen-bond donors (Lipinski definition) is 0. The summed E-state index contributed by atoms with van der Waals surface area (Å²) in [4.78, 5) is 0. The first-order chi connectivity index (χ1) is 15.8. The first-order valence-electron chi connectivity index (χ1n) is 15.5. The van der Waals surface area contributed by atoms with E-state index in [0.717, 1.165) is 48.0 Å². The summed E-state index contributed by atoms with van der Waals surface area (Å²) in [5.74, 6) is 6.98. The average molecular weight is 489 g/mol. The van der Waals surface area contributed by atoms with Crippen molar-refractivity contribution in [2.75, 3.05) is 6.61 Å². The molecular formula is C32H60OSi. The second-order valence-electron chi connectivity index (χ2n) is 15.7. The van der Waals surface area contributed by atoms with E-state index in [9.17, 15) is 0 Å². The van der Waals surface area contributed by atoms with E-state index in [2.05, 4.69) is 61.6 Å². The van der Waals surface area contributed by atoms with E-state index in [4.69, 9.17) is 4.43 Å². The van der Waals surface area contributed by atoms with Gasteiger partial charge in [-0.15, -0.1) is 0 Å². The van der Waals surface area contributed by atoms with E-state index >= 15 is 0 Å². The van der Waals surface area contributed by atoms with Crippen LogP contribution >= 0.6 is 0 Å². The summed E-state index contributed by atoms with van der Waals surface area (Å²) in [5.41, 5.74) is 1.29. The van der Waals surface area contributed by atoms with Gasteiger partial charge in [-0.2, -0.15) is 0 Å². The van der Waals surface area contributed by atoms with Crippen molar-refractivity contribution in [2.45, 2.75) is 144 Å². The van der Waals surface area contributed by atoms with Gasteiger partial charge in [-0.1, -0.05) is 61.3 Å². The summed E-state index contributed by atoms with van der Waals surface area (Å²) >= 11 is 0. The molecule has 4 aliphatic carbocycles. The van der Waals surface area contributed by atoms with Crippen LogP contribution in [0.25, 0.3) is 0 Å². The van der Waals surface area contributed by atoms with E-state index in [1.165, 1.54) is 57.8 Å². The fourth-order valence-electron chi connectivity index (χ4n) is 9.87. The summed E-state index contributed by atoms with van der Waals surface area (Å²) in [5, 5.41) is 0.327. The van der Waals surface area contributed by atoms with Crippen molar-refractivity contribution in [3.63, 3.8) is 0 Å². The minimum Gasteiger partial charge on any atom is -0.417 e. The third-order valence-electron chi connectivity index (χ3n) is 13.1. The van der Waals surface area contributed by atoms with E-state index in [1.54, 1.807) is 19.3 Å². The van der Waals surface area contributed by atoms with Crippen LogP contribution in [0, 0.1) is 52.3 Å². The Bertz CT molecular complexity index is 694. The maximum Gasteiger partial charge on any atom is 0.191 e. The summed E-state index contributed by atoms with van der Waals surface area (Å²) in [6, 6.07) is 0. The van der Waals surface area contributed by atoms with Crippen LogP contribution < -0.4 is 0 Å². The highest BCUT2D eigenvalue weighted by Gasteiger charge is 2.60. The highest BCUT2D eigenvalue weighted by Crippen LogP contribution is 2.68. The molecule has 0 N–H and O–H groups in total. The third kappa shape index (κ3) is 4.75. The van der Waals surface area contributed by atoms with Gasteiger partial charge in [-0.25, -0.2) is 0 Å². The fraction of sp³-hybridized carbons (Fsp3) is 1.00. The molecule has 0 spiro atoms. The van der Waals surface area contributed by atoms with Crippen LogP contribution in [-0.2, 0) is 4.43 Å². The van der Waals surface area contributed by atoms with Gasteiger partial charge in [-0.3, -0.25) is 0 Å². The van der Waals surface area contributed by atoms with Crippen molar-refractivity contribution in [2.24, 2.45) is 52.3 Å². The van der Waals surface area contributed by atoms with Gasteiger partial charge in [0.25, 0.3) is 0 Å². The Kier molecular flexibility index (Phi) is 7.85. The van der Waals surface area contributed by atoms with Gasteiger partial charge in [0.1, 0.15) is 0 Å². The van der Waals surface area contributed by atoms with Crippen molar-refractivity contribution in [3.05, 3.63) is 0 Å². The lowest BCUT2D eigenvalue weighted by Gasteiger charge is -2.61. The van der Waals surface area contributed by atoms with Gasteiger partial charge >= 0.3 is 0 Å². The van der Waals surface area contributed by atoms with Crippen molar-refractivity contribution < 1.29 is 4.43 Å². The van der Waals surface area contributed by atoms with E-state index in [0.29, 0.717) is 15.9 Å². The number of fused-ring (bicyclic) bond motifs is 5. The molecular weight excluding hydrogens is 428 g/mol. The zero-order valence-electron chi connectivity index (χ0n) is 24.6. The van der Waals surface area contributed by atoms with Crippen LogP contribution in [0.3, 0.4) is 0 Å². The molecule has 0 heterocycles. The summed E-state index contributed by atoms with van der Waals surface area (Å²) in [6.07, 6.45) is 17.8. The van der Waals surface area contributed by atoms with Gasteiger partial charge in [0.05, 0.1) is 0 Å². The second-order valence-corrected chi connectivity index (χ2v) is 20.5. The quantitative estimate of drug-likeness (QED) is 0.256. The van der Waals surface area contributed by atoms with Gasteiger partial charge in [0, 0.05) is 6.61 Å². The van der Waals surface area contributed by atoms with Crippen molar-refractivity contribution in [3.8, 4) is 0 Å². The maximum atomic E-state index is 6.56. The molecule has 4 fully saturated rings. The average Bonchev–Trinajstić information content (AvgIpc) is 3.10. The topological polar surface area (TPSA) is 9.23 Å². The minimum atomic E-state index is -1.61. The molecule has 0 aromatic rings. The molecule has 0 aromatic carbocycles. The number of rotatable bonds is 7. The summed E-state index contributed by atoms with van der Waals surface area (Å²) in [6.45, 7) is 23.4. The normalized spacial score (nSPS) is 43.7. The maximum absolute atomic E-state index is 6.56. The largest absolute Gasteiger partial charge is 0.417 e. The minimum absolute atomic E-state index is 0.327. The van der Waals surface area contributed by atoms with E-state index in [-0.39, 0.29) is 0 Å². The third-order valence-corrected chi connectivity index (χ3v) is 17.6. The standard InChI is InChI=1S/C32H60OSi/c1-10-24(12-11-21-33-34(8,9)30(3,4)5)27-15-16-28-26-14-13-25-22-23(2)17-19-31(25,6)29(26)18-20-32(27,28)7/h23-29H,10-22H2,1-9H3/t23-,24+,25-,26?,27+,28?,29?,31-,32+/m0/s1. The van der Waals surface area contributed by atoms with Crippen LogP contribution in [0.4, 0.5) is 0 Å². The lowest BCUT2D eigenvalue weighted by molar-refractivity contribution is -0.120. The lowest BCUT2D eigenvalue weighted by atomic mass is 9.44. The van der Waals surface area contributed by atoms with E-state index < -0.39 is 8.32 Å². The Labute approximate surface area is 215 Å². The fourth-order valence-corrected chi connectivity index (χ4v) is 11.0. The molecule has 3 unspecified atom stereocenters. The first kappa shape index (κ1) is 27.2. The molecule has 4 aliphatic rings. The molecule has 4 rings (SSSR count).